The van der Waals surface area contributed by atoms with Crippen molar-refractivity contribution in [1.82, 2.24) is 24.7 Å². The molecule has 3 heterocycles. The van der Waals surface area contributed by atoms with Crippen LogP contribution in [0.25, 0.3) is 11.0 Å². The highest BCUT2D eigenvalue weighted by Gasteiger charge is 2.25. The summed E-state index contributed by atoms with van der Waals surface area (Å²) < 4.78 is 7.65. The van der Waals surface area contributed by atoms with Gasteiger partial charge in [-0.05, 0) is 18.9 Å². The molecule has 9 heteroatoms. The van der Waals surface area contributed by atoms with Crippen LogP contribution < -0.4 is 16.2 Å². The van der Waals surface area contributed by atoms with Gasteiger partial charge < -0.3 is 16.2 Å². The number of pyridine rings is 1. The van der Waals surface area contributed by atoms with E-state index in [0.29, 0.717) is 16.6 Å². The summed E-state index contributed by atoms with van der Waals surface area (Å²) >= 11 is 0. The van der Waals surface area contributed by atoms with Gasteiger partial charge in [0, 0.05) is 17.8 Å². The van der Waals surface area contributed by atoms with Crippen LogP contribution in [0.2, 0.25) is 0 Å². The third kappa shape index (κ3) is 2.73. The predicted octanol–water partition coefficient (Wildman–Crippen LogP) is 1.81. The van der Waals surface area contributed by atoms with E-state index < -0.39 is 5.91 Å². The lowest BCUT2D eigenvalue weighted by Crippen LogP contribution is -2.11. The average molecular weight is 339 g/mol. The van der Waals surface area contributed by atoms with Crippen molar-refractivity contribution in [3.63, 3.8) is 0 Å². The fourth-order valence-electron chi connectivity index (χ4n) is 3.16. The van der Waals surface area contributed by atoms with Crippen molar-refractivity contribution in [3.05, 3.63) is 30.2 Å². The number of anilines is 1. The summed E-state index contributed by atoms with van der Waals surface area (Å²) in [4.78, 5) is 23.8. The predicted molar refractivity (Wildman–Crippen MR) is 90.1 cm³/mol. The maximum absolute atomic E-state index is 11.3. The fourth-order valence-corrected chi connectivity index (χ4v) is 3.16. The first-order valence-corrected chi connectivity index (χ1v) is 8.06. The zero-order valence-electron chi connectivity index (χ0n) is 13.4. The fraction of sp³-hybridized carbons (Fsp3) is 0.312. The van der Waals surface area contributed by atoms with Crippen LogP contribution in [0, 0.1) is 0 Å². The second-order valence-electron chi connectivity index (χ2n) is 5.99. The van der Waals surface area contributed by atoms with Crippen molar-refractivity contribution in [3.8, 4) is 11.8 Å². The van der Waals surface area contributed by atoms with Crippen molar-refractivity contribution < 1.29 is 9.53 Å². The molecule has 3 aromatic heterocycles. The molecule has 0 unspecified atom stereocenters. The van der Waals surface area contributed by atoms with Crippen molar-refractivity contribution in [2.75, 3.05) is 5.73 Å². The van der Waals surface area contributed by atoms with Gasteiger partial charge in [-0.3, -0.25) is 4.79 Å². The number of nitrogens with zero attached hydrogens (tertiary/aromatic N) is 5. The van der Waals surface area contributed by atoms with Crippen LogP contribution in [-0.2, 0) is 0 Å². The number of carbonyl (C=O) groups excluding carboxylic acids is 1. The lowest BCUT2D eigenvalue weighted by Gasteiger charge is -2.09. The van der Waals surface area contributed by atoms with Gasteiger partial charge in [0.2, 0.25) is 11.8 Å². The highest BCUT2D eigenvalue weighted by molar-refractivity contribution is 5.93. The van der Waals surface area contributed by atoms with E-state index >= 15 is 0 Å². The molecule has 0 saturated heterocycles. The Labute approximate surface area is 143 Å². The molecule has 1 aliphatic rings. The zero-order valence-corrected chi connectivity index (χ0v) is 13.4. The van der Waals surface area contributed by atoms with E-state index in [9.17, 15) is 4.79 Å². The van der Waals surface area contributed by atoms with Crippen LogP contribution in [0.3, 0.4) is 0 Å². The summed E-state index contributed by atoms with van der Waals surface area (Å²) in [5, 5.41) is 5.10. The molecule has 1 fully saturated rings. The largest absolute Gasteiger partial charge is 0.418 e. The molecule has 25 heavy (non-hydrogen) atoms. The number of hydrogen-bond donors (Lipinski definition) is 2. The summed E-state index contributed by atoms with van der Waals surface area (Å²) in [6.07, 6.45) is 7.26. The van der Waals surface area contributed by atoms with Crippen molar-refractivity contribution in [2.45, 2.75) is 31.7 Å². The van der Waals surface area contributed by atoms with Crippen molar-refractivity contribution in [1.29, 1.82) is 0 Å². The van der Waals surface area contributed by atoms with Gasteiger partial charge in [-0.2, -0.15) is 0 Å². The highest BCUT2D eigenvalue weighted by Crippen LogP contribution is 2.36. The van der Waals surface area contributed by atoms with E-state index in [4.69, 9.17) is 16.2 Å². The molecule has 0 spiro atoms. The number of rotatable bonds is 4. The maximum atomic E-state index is 11.3. The molecule has 0 bridgehead atoms. The first kappa shape index (κ1) is 15.3. The average Bonchev–Trinajstić information content (AvgIpc) is 3.24. The molecule has 9 nitrogen and oxygen atoms in total. The molecule has 0 aliphatic heterocycles. The zero-order chi connectivity index (χ0) is 17.4. The van der Waals surface area contributed by atoms with Crippen LogP contribution in [0.4, 0.5) is 5.82 Å². The van der Waals surface area contributed by atoms with Gasteiger partial charge in [0.25, 0.3) is 5.88 Å². The van der Waals surface area contributed by atoms with Crippen LogP contribution in [0.5, 0.6) is 11.8 Å². The molecule has 3 aromatic rings. The number of ether oxygens (including phenoxy) is 1. The van der Waals surface area contributed by atoms with Gasteiger partial charge >= 0.3 is 0 Å². The van der Waals surface area contributed by atoms with Gasteiger partial charge in [-0.25, -0.2) is 19.6 Å². The second-order valence-corrected chi connectivity index (χ2v) is 5.99. The van der Waals surface area contributed by atoms with Crippen LogP contribution in [0.15, 0.2) is 24.7 Å². The molecule has 4 rings (SSSR count). The Bertz CT molecular complexity index is 947. The molecular formula is C16H17N7O2. The number of nitrogens with two attached hydrogens (primary N) is 2. The molecule has 4 N–H and O–H groups in total. The number of hydrogen-bond acceptors (Lipinski definition) is 7. The Balaban J connectivity index is 1.79. The van der Waals surface area contributed by atoms with Gasteiger partial charge in [0.05, 0.1) is 6.04 Å². The minimum atomic E-state index is -0.559. The third-order valence-electron chi connectivity index (χ3n) is 4.38. The SMILES string of the molecule is NC(=O)c1ccnc(Oc2nn(C3CCCC3)c3ncnc(N)c23)c1. The molecule has 1 amide bonds. The molecule has 1 saturated carbocycles. The summed E-state index contributed by atoms with van der Waals surface area (Å²) in [7, 11) is 0. The quantitative estimate of drug-likeness (QED) is 0.740. The topological polar surface area (TPSA) is 135 Å². The van der Waals surface area contributed by atoms with E-state index in [1.54, 1.807) is 0 Å². The Morgan fingerprint density at radius 1 is 1.24 bits per heavy atom. The van der Waals surface area contributed by atoms with Crippen LogP contribution >= 0.6 is 0 Å². The lowest BCUT2D eigenvalue weighted by molar-refractivity contribution is 0.1000. The van der Waals surface area contributed by atoms with E-state index in [1.807, 2.05) is 4.68 Å². The first-order chi connectivity index (χ1) is 12.1. The first-order valence-electron chi connectivity index (χ1n) is 8.06. The number of primary amides is 1. The van der Waals surface area contributed by atoms with E-state index in [-0.39, 0.29) is 23.6 Å². The van der Waals surface area contributed by atoms with Crippen molar-refractivity contribution >= 4 is 22.8 Å². The second kappa shape index (κ2) is 6.00. The van der Waals surface area contributed by atoms with Gasteiger partial charge in [0.15, 0.2) is 5.65 Å². The molecule has 0 aromatic carbocycles. The number of amides is 1. The van der Waals surface area contributed by atoms with Crippen LogP contribution in [-0.4, -0.2) is 30.6 Å². The van der Waals surface area contributed by atoms with Gasteiger partial charge in [-0.15, -0.1) is 5.10 Å². The lowest BCUT2D eigenvalue weighted by atomic mass is 10.2. The molecule has 0 radical (unpaired) electrons. The Morgan fingerprint density at radius 2 is 2.04 bits per heavy atom. The normalized spacial score (nSPS) is 14.9. The molecule has 128 valence electrons. The summed E-state index contributed by atoms with van der Waals surface area (Å²) in [6.45, 7) is 0. The highest BCUT2D eigenvalue weighted by atomic mass is 16.5. The third-order valence-corrected chi connectivity index (χ3v) is 4.38. The van der Waals surface area contributed by atoms with Gasteiger partial charge in [0.1, 0.15) is 17.5 Å². The van der Waals surface area contributed by atoms with Gasteiger partial charge in [-0.1, -0.05) is 12.8 Å². The Hall–Kier alpha value is -3.23. The number of aromatic nitrogens is 5. The van der Waals surface area contributed by atoms with E-state index in [2.05, 4.69) is 20.1 Å². The Morgan fingerprint density at radius 3 is 2.80 bits per heavy atom. The standard InChI is InChI=1S/C16H17N7O2/c17-13-12-15(21-8-20-13)23(10-3-1-2-4-10)22-16(12)25-11-7-9(14(18)24)5-6-19-11/h5-8,10H,1-4H2,(H2,18,24)(H2,17,20,21). The van der Waals surface area contributed by atoms with Crippen molar-refractivity contribution in [2.24, 2.45) is 5.73 Å². The molecule has 0 atom stereocenters. The minimum absolute atomic E-state index is 0.206. The Kier molecular flexibility index (Phi) is 3.68. The molecule has 1 aliphatic carbocycles. The van der Waals surface area contributed by atoms with Crippen LogP contribution in [0.1, 0.15) is 42.1 Å². The van der Waals surface area contributed by atoms with E-state index in [0.717, 1.165) is 25.7 Å². The maximum Gasteiger partial charge on any atom is 0.253 e. The smallest absolute Gasteiger partial charge is 0.253 e. The summed E-state index contributed by atoms with van der Waals surface area (Å²) in [5.74, 6) is 0.207. The summed E-state index contributed by atoms with van der Waals surface area (Å²) in [6, 6.07) is 3.24. The monoisotopic (exact) mass is 339 g/mol. The minimum Gasteiger partial charge on any atom is -0.418 e. The molecular weight excluding hydrogens is 322 g/mol. The number of fused-ring (bicyclic) bond motifs is 1. The summed E-state index contributed by atoms with van der Waals surface area (Å²) in [5.41, 5.74) is 12.3. The number of nitrogen functional groups attached to an aromatic ring is 1. The van der Waals surface area contributed by atoms with E-state index in [1.165, 1.54) is 24.7 Å². The number of carbonyl (C=O) groups is 1.